The predicted octanol–water partition coefficient (Wildman–Crippen LogP) is 4.90. The van der Waals surface area contributed by atoms with Gasteiger partial charge in [-0.1, -0.05) is 41.2 Å². The monoisotopic (exact) mass is 454 g/mol. The van der Waals surface area contributed by atoms with Crippen molar-refractivity contribution in [2.24, 2.45) is 0 Å². The zero-order chi connectivity index (χ0) is 22.0. The standard InChI is InChI=1S/C23H22N2O4S2/c1-16-8-10-19(11-9-16)31(27,28)14-12-21(26)25(15-18-6-4-13-29-18)23-24-22-17(2)5-3-7-20(22)30-23/h3-11,13H,12,14-15H2,1-2H3. The molecular formula is C23H22N2O4S2. The molecule has 4 rings (SSSR count). The summed E-state index contributed by atoms with van der Waals surface area (Å²) in [4.78, 5) is 19.5. The fourth-order valence-electron chi connectivity index (χ4n) is 3.23. The molecule has 0 saturated heterocycles. The summed E-state index contributed by atoms with van der Waals surface area (Å²) >= 11 is 1.40. The van der Waals surface area contributed by atoms with Crippen molar-refractivity contribution in [1.82, 2.24) is 4.98 Å². The number of sulfone groups is 1. The minimum Gasteiger partial charge on any atom is -0.467 e. The highest BCUT2D eigenvalue weighted by Gasteiger charge is 2.24. The van der Waals surface area contributed by atoms with Crippen LogP contribution >= 0.6 is 11.3 Å². The van der Waals surface area contributed by atoms with Crippen molar-refractivity contribution in [3.05, 3.63) is 77.7 Å². The van der Waals surface area contributed by atoms with Crippen LogP contribution in [0.25, 0.3) is 10.2 Å². The third kappa shape index (κ3) is 4.70. The number of fused-ring (bicyclic) bond motifs is 1. The molecule has 0 N–H and O–H groups in total. The Bertz CT molecular complexity index is 1310. The van der Waals surface area contributed by atoms with Gasteiger partial charge in [0.15, 0.2) is 15.0 Å². The van der Waals surface area contributed by atoms with E-state index in [9.17, 15) is 13.2 Å². The summed E-state index contributed by atoms with van der Waals surface area (Å²) in [6.45, 7) is 4.06. The second-order valence-corrected chi connectivity index (χ2v) is 10.5. The maximum absolute atomic E-state index is 13.2. The number of carbonyl (C=O) groups is 1. The van der Waals surface area contributed by atoms with E-state index in [1.165, 1.54) is 16.2 Å². The molecule has 0 aliphatic rings. The fourth-order valence-corrected chi connectivity index (χ4v) is 5.52. The third-order valence-corrected chi connectivity index (χ3v) is 7.78. The summed E-state index contributed by atoms with van der Waals surface area (Å²) in [5.41, 5.74) is 2.84. The first-order valence-corrected chi connectivity index (χ1v) is 12.3. The number of amides is 1. The molecule has 8 heteroatoms. The Hall–Kier alpha value is -2.97. The number of furan rings is 1. The lowest BCUT2D eigenvalue weighted by Gasteiger charge is -2.18. The SMILES string of the molecule is Cc1ccc(S(=O)(=O)CCC(=O)N(Cc2ccco2)c2nc3c(C)cccc3s2)cc1. The first-order chi connectivity index (χ1) is 14.8. The van der Waals surface area contributed by atoms with Gasteiger partial charge in [0.05, 0.1) is 33.7 Å². The van der Waals surface area contributed by atoms with Gasteiger partial charge < -0.3 is 4.42 Å². The van der Waals surface area contributed by atoms with Crippen LogP contribution in [0.15, 0.2) is 70.2 Å². The van der Waals surface area contributed by atoms with Crippen LogP contribution in [0.1, 0.15) is 23.3 Å². The molecular weight excluding hydrogens is 432 g/mol. The molecule has 0 saturated carbocycles. The van der Waals surface area contributed by atoms with Crippen LogP contribution in [-0.4, -0.2) is 25.1 Å². The minimum absolute atomic E-state index is 0.147. The molecule has 0 atom stereocenters. The number of hydrogen-bond acceptors (Lipinski definition) is 6. The molecule has 6 nitrogen and oxygen atoms in total. The second kappa shape index (κ2) is 8.64. The summed E-state index contributed by atoms with van der Waals surface area (Å²) in [6.07, 6.45) is 1.40. The first kappa shape index (κ1) is 21.3. The van der Waals surface area contributed by atoms with Crippen LogP contribution in [0, 0.1) is 13.8 Å². The molecule has 31 heavy (non-hydrogen) atoms. The van der Waals surface area contributed by atoms with E-state index in [1.807, 2.05) is 32.0 Å². The van der Waals surface area contributed by atoms with Crippen molar-refractivity contribution < 1.29 is 17.6 Å². The van der Waals surface area contributed by atoms with E-state index in [0.717, 1.165) is 21.3 Å². The van der Waals surface area contributed by atoms with Gasteiger partial charge in [0, 0.05) is 6.42 Å². The van der Waals surface area contributed by atoms with Crippen LogP contribution in [0.5, 0.6) is 0 Å². The van der Waals surface area contributed by atoms with Gasteiger partial charge in [-0.05, 0) is 49.7 Å². The van der Waals surface area contributed by atoms with E-state index < -0.39 is 9.84 Å². The van der Waals surface area contributed by atoms with Crippen LogP contribution in [-0.2, 0) is 21.2 Å². The van der Waals surface area contributed by atoms with Crippen molar-refractivity contribution in [2.45, 2.75) is 31.7 Å². The van der Waals surface area contributed by atoms with E-state index in [2.05, 4.69) is 4.98 Å². The number of aromatic nitrogens is 1. The molecule has 0 bridgehead atoms. The molecule has 0 radical (unpaired) electrons. The number of thiazole rings is 1. The molecule has 0 fully saturated rings. The van der Waals surface area contributed by atoms with Crippen LogP contribution in [0.2, 0.25) is 0 Å². The van der Waals surface area contributed by atoms with E-state index in [-0.39, 0.29) is 29.5 Å². The summed E-state index contributed by atoms with van der Waals surface area (Å²) in [6, 6.07) is 16.1. The highest BCUT2D eigenvalue weighted by atomic mass is 32.2. The molecule has 1 amide bonds. The number of anilines is 1. The first-order valence-electron chi connectivity index (χ1n) is 9.82. The maximum Gasteiger partial charge on any atom is 0.230 e. The largest absolute Gasteiger partial charge is 0.467 e. The summed E-state index contributed by atoms with van der Waals surface area (Å²) in [7, 11) is -3.57. The Morgan fingerprint density at radius 2 is 1.84 bits per heavy atom. The summed E-state index contributed by atoms with van der Waals surface area (Å²) in [5.74, 6) is 0.0162. The number of hydrogen-bond donors (Lipinski definition) is 0. The average Bonchev–Trinajstić information content (AvgIpc) is 3.41. The van der Waals surface area contributed by atoms with Gasteiger partial charge in [-0.2, -0.15) is 0 Å². The van der Waals surface area contributed by atoms with Crippen molar-refractivity contribution >= 4 is 42.4 Å². The molecule has 2 heterocycles. The summed E-state index contributed by atoms with van der Waals surface area (Å²) < 4.78 is 31.8. The number of benzene rings is 2. The number of carbonyl (C=O) groups excluding carboxylic acids is 1. The highest BCUT2D eigenvalue weighted by molar-refractivity contribution is 7.91. The van der Waals surface area contributed by atoms with Crippen molar-refractivity contribution in [3.8, 4) is 0 Å². The van der Waals surface area contributed by atoms with Gasteiger partial charge in [0.25, 0.3) is 0 Å². The molecule has 0 aliphatic carbocycles. The van der Waals surface area contributed by atoms with Gasteiger partial charge in [0.1, 0.15) is 5.76 Å². The van der Waals surface area contributed by atoms with E-state index in [1.54, 1.807) is 42.7 Å². The molecule has 0 spiro atoms. The van der Waals surface area contributed by atoms with Crippen LogP contribution in [0.4, 0.5) is 5.13 Å². The van der Waals surface area contributed by atoms with Gasteiger partial charge in [-0.3, -0.25) is 9.69 Å². The Balaban J connectivity index is 1.59. The Morgan fingerprint density at radius 1 is 1.06 bits per heavy atom. The van der Waals surface area contributed by atoms with Gasteiger partial charge >= 0.3 is 0 Å². The highest BCUT2D eigenvalue weighted by Crippen LogP contribution is 2.32. The molecule has 2 aromatic carbocycles. The lowest BCUT2D eigenvalue weighted by molar-refractivity contribution is -0.118. The maximum atomic E-state index is 13.2. The van der Waals surface area contributed by atoms with Gasteiger partial charge in [-0.25, -0.2) is 13.4 Å². The summed E-state index contributed by atoms with van der Waals surface area (Å²) in [5, 5.41) is 0.526. The smallest absolute Gasteiger partial charge is 0.230 e. The lowest BCUT2D eigenvalue weighted by Crippen LogP contribution is -2.31. The van der Waals surface area contributed by atoms with Crippen LogP contribution < -0.4 is 4.90 Å². The van der Waals surface area contributed by atoms with Gasteiger partial charge in [-0.15, -0.1) is 0 Å². The number of aryl methyl sites for hydroxylation is 2. The van der Waals surface area contributed by atoms with E-state index in [4.69, 9.17) is 4.42 Å². The number of nitrogens with zero attached hydrogens (tertiary/aromatic N) is 2. The zero-order valence-electron chi connectivity index (χ0n) is 17.2. The molecule has 160 valence electrons. The number of rotatable bonds is 7. The Kier molecular flexibility index (Phi) is 5.93. The normalized spacial score (nSPS) is 11.7. The van der Waals surface area contributed by atoms with Crippen LogP contribution in [0.3, 0.4) is 0 Å². The molecule has 4 aromatic rings. The molecule has 2 aromatic heterocycles. The quantitative estimate of drug-likeness (QED) is 0.397. The molecule has 0 aliphatic heterocycles. The topological polar surface area (TPSA) is 80.5 Å². The fraction of sp³-hybridized carbons (Fsp3) is 0.217. The van der Waals surface area contributed by atoms with Crippen molar-refractivity contribution in [3.63, 3.8) is 0 Å². The van der Waals surface area contributed by atoms with Gasteiger partial charge in [0.2, 0.25) is 5.91 Å². The minimum atomic E-state index is -3.57. The van der Waals surface area contributed by atoms with Crippen molar-refractivity contribution in [2.75, 3.05) is 10.7 Å². The average molecular weight is 455 g/mol. The Morgan fingerprint density at radius 3 is 2.52 bits per heavy atom. The lowest BCUT2D eigenvalue weighted by atomic mass is 10.2. The third-order valence-electron chi connectivity index (χ3n) is 5.00. The predicted molar refractivity (Wildman–Crippen MR) is 122 cm³/mol. The zero-order valence-corrected chi connectivity index (χ0v) is 18.9. The van der Waals surface area contributed by atoms with E-state index in [0.29, 0.717) is 10.9 Å². The number of para-hydroxylation sites is 1. The van der Waals surface area contributed by atoms with E-state index >= 15 is 0 Å². The van der Waals surface area contributed by atoms with Crippen molar-refractivity contribution in [1.29, 1.82) is 0 Å². The second-order valence-electron chi connectivity index (χ2n) is 7.36. The Labute approximate surface area is 185 Å². The molecule has 0 unspecified atom stereocenters.